The van der Waals surface area contributed by atoms with E-state index in [0.717, 1.165) is 17.0 Å². The molecule has 3 amide bonds. The van der Waals surface area contributed by atoms with E-state index in [4.69, 9.17) is 0 Å². The summed E-state index contributed by atoms with van der Waals surface area (Å²) in [6.07, 6.45) is 1.18. The van der Waals surface area contributed by atoms with Crippen LogP contribution in [0.1, 0.15) is 49.2 Å². The lowest BCUT2D eigenvalue weighted by Crippen LogP contribution is -2.46. The van der Waals surface area contributed by atoms with E-state index in [9.17, 15) is 14.4 Å². The van der Waals surface area contributed by atoms with Gasteiger partial charge in [0.15, 0.2) is 0 Å². The monoisotopic (exact) mass is 466 g/mol. The summed E-state index contributed by atoms with van der Waals surface area (Å²) in [5.41, 5.74) is 2.65. The Morgan fingerprint density at radius 3 is 2.32 bits per heavy atom. The van der Waals surface area contributed by atoms with Crippen LogP contribution in [0.2, 0.25) is 0 Å². The third-order valence-electron chi connectivity index (χ3n) is 5.87. The summed E-state index contributed by atoms with van der Waals surface area (Å²) in [6, 6.07) is 10.1. The lowest BCUT2D eigenvalue weighted by atomic mass is 9.99. The number of likely N-dealkylation sites (tertiary alicyclic amines) is 1. The maximum Gasteiger partial charge on any atom is 0.244 e. The van der Waals surface area contributed by atoms with Crippen molar-refractivity contribution in [3.8, 4) is 0 Å². The van der Waals surface area contributed by atoms with Crippen LogP contribution >= 0.6 is 0 Å². The molecule has 1 aliphatic heterocycles. The Balaban J connectivity index is 1.78. The Morgan fingerprint density at radius 2 is 1.74 bits per heavy atom. The van der Waals surface area contributed by atoms with E-state index in [0.29, 0.717) is 25.3 Å². The number of anilines is 1. The van der Waals surface area contributed by atoms with Crippen LogP contribution in [-0.2, 0) is 14.4 Å². The molecule has 9 nitrogen and oxygen atoms in total. The second-order valence-corrected chi connectivity index (χ2v) is 8.95. The van der Waals surface area contributed by atoms with E-state index in [1.54, 1.807) is 19.0 Å². The normalized spacial score (nSPS) is 19.6. The highest BCUT2D eigenvalue weighted by Gasteiger charge is 2.48. The predicted molar refractivity (Wildman–Crippen MR) is 130 cm³/mol. The lowest BCUT2D eigenvalue weighted by Gasteiger charge is -2.32. The third-order valence-corrected chi connectivity index (χ3v) is 5.87. The molecule has 9 heteroatoms. The Kier molecular flexibility index (Phi) is 8.20. The van der Waals surface area contributed by atoms with E-state index in [2.05, 4.69) is 20.6 Å². The summed E-state index contributed by atoms with van der Waals surface area (Å²) in [4.78, 5) is 50.4. The molecule has 0 bridgehead atoms. The smallest absolute Gasteiger partial charge is 0.244 e. The first kappa shape index (κ1) is 25.1. The molecule has 3 rings (SSSR count). The lowest BCUT2D eigenvalue weighted by molar-refractivity contribution is -0.144. The van der Waals surface area contributed by atoms with Crippen molar-refractivity contribution in [1.82, 2.24) is 25.1 Å². The number of hydrogen-bond acceptors (Lipinski definition) is 6. The molecule has 3 atom stereocenters. The number of rotatable bonds is 8. The topological polar surface area (TPSA) is 108 Å². The van der Waals surface area contributed by atoms with Gasteiger partial charge in [-0.1, -0.05) is 30.3 Å². The van der Waals surface area contributed by atoms with Crippen molar-refractivity contribution in [2.45, 2.75) is 58.2 Å². The quantitative estimate of drug-likeness (QED) is 0.578. The Morgan fingerprint density at radius 1 is 1.09 bits per heavy atom. The summed E-state index contributed by atoms with van der Waals surface area (Å²) in [5, 5.41) is 6.14. The molecule has 2 heterocycles. The first-order valence-electron chi connectivity index (χ1n) is 11.6. The molecule has 0 saturated carbocycles. The van der Waals surface area contributed by atoms with Crippen LogP contribution in [-0.4, -0.2) is 70.2 Å². The molecule has 0 unspecified atom stereocenters. The van der Waals surface area contributed by atoms with Gasteiger partial charge in [0.1, 0.15) is 6.04 Å². The second kappa shape index (κ2) is 11.1. The number of benzene rings is 1. The Bertz CT molecular complexity index is 1010. The number of nitrogens with zero attached hydrogens (tertiary/aromatic N) is 4. The van der Waals surface area contributed by atoms with Gasteiger partial charge in [-0.15, -0.1) is 0 Å². The number of aryl methyl sites for hydroxylation is 2. The molecule has 1 saturated heterocycles. The average Bonchev–Trinajstić information content (AvgIpc) is 3.14. The maximum atomic E-state index is 13.5. The van der Waals surface area contributed by atoms with E-state index in [-0.39, 0.29) is 30.2 Å². The highest BCUT2D eigenvalue weighted by Crippen LogP contribution is 2.38. The summed E-state index contributed by atoms with van der Waals surface area (Å²) < 4.78 is 0. The molecule has 1 aromatic carbocycles. The SMILES string of the molecule is CC(=O)N[C@H]1C[C@@H](C(=O)N(C)C)N(C(=O)CCCNc2nc(C)cc(C)n2)[C@H]1c1ccccc1. The fourth-order valence-corrected chi connectivity index (χ4v) is 4.53. The van der Waals surface area contributed by atoms with E-state index >= 15 is 0 Å². The molecule has 1 fully saturated rings. The zero-order valence-electron chi connectivity index (χ0n) is 20.5. The summed E-state index contributed by atoms with van der Waals surface area (Å²) >= 11 is 0. The first-order chi connectivity index (χ1) is 16.2. The van der Waals surface area contributed by atoms with Crippen molar-refractivity contribution in [2.75, 3.05) is 26.0 Å². The van der Waals surface area contributed by atoms with E-state index in [1.165, 1.54) is 11.8 Å². The van der Waals surface area contributed by atoms with Crippen LogP contribution in [0.25, 0.3) is 0 Å². The first-order valence-corrected chi connectivity index (χ1v) is 11.6. The number of hydrogen-bond donors (Lipinski definition) is 2. The highest BCUT2D eigenvalue weighted by molar-refractivity contribution is 5.89. The van der Waals surface area contributed by atoms with Crippen LogP contribution < -0.4 is 10.6 Å². The zero-order chi connectivity index (χ0) is 24.8. The fourth-order valence-electron chi connectivity index (χ4n) is 4.53. The Hall–Kier alpha value is -3.49. The van der Waals surface area contributed by atoms with Crippen molar-refractivity contribution >= 4 is 23.7 Å². The van der Waals surface area contributed by atoms with Gasteiger partial charge in [0, 0.05) is 45.4 Å². The molecule has 0 radical (unpaired) electrons. The van der Waals surface area contributed by atoms with Gasteiger partial charge >= 0.3 is 0 Å². The van der Waals surface area contributed by atoms with Crippen molar-refractivity contribution in [1.29, 1.82) is 0 Å². The largest absolute Gasteiger partial charge is 0.354 e. The van der Waals surface area contributed by atoms with Gasteiger partial charge in [-0.2, -0.15) is 0 Å². The van der Waals surface area contributed by atoms with Gasteiger partial charge in [0.25, 0.3) is 0 Å². The minimum Gasteiger partial charge on any atom is -0.354 e. The standard InChI is InChI=1S/C25H34N6O3/c1-16-14-17(2)28-25(27-16)26-13-9-12-22(33)31-21(24(34)30(4)5)15-20(29-18(3)32)23(31)19-10-7-6-8-11-19/h6-8,10-11,14,20-21,23H,9,12-13,15H2,1-5H3,(H,29,32)(H,26,27,28)/t20-,21-,23-/m0/s1. The number of carbonyl (C=O) groups is 3. The van der Waals surface area contributed by atoms with Crippen LogP contribution in [0.4, 0.5) is 5.95 Å². The van der Waals surface area contributed by atoms with Crippen LogP contribution in [0.5, 0.6) is 0 Å². The number of likely N-dealkylation sites (N-methyl/N-ethyl adjacent to an activating group) is 1. The van der Waals surface area contributed by atoms with Gasteiger partial charge in [0.2, 0.25) is 23.7 Å². The highest BCUT2D eigenvalue weighted by atomic mass is 16.2. The zero-order valence-corrected chi connectivity index (χ0v) is 20.5. The summed E-state index contributed by atoms with van der Waals surface area (Å²) in [5.74, 6) is 0.0857. The number of nitrogens with one attached hydrogen (secondary N) is 2. The second-order valence-electron chi connectivity index (χ2n) is 8.95. The predicted octanol–water partition coefficient (Wildman–Crippen LogP) is 2.22. The number of carbonyl (C=O) groups excluding carboxylic acids is 3. The van der Waals surface area contributed by atoms with Crippen LogP contribution in [0.3, 0.4) is 0 Å². The van der Waals surface area contributed by atoms with Crippen molar-refractivity contribution < 1.29 is 14.4 Å². The van der Waals surface area contributed by atoms with Crippen molar-refractivity contribution in [3.05, 3.63) is 53.3 Å². The van der Waals surface area contributed by atoms with Gasteiger partial charge in [-0.3, -0.25) is 14.4 Å². The maximum absolute atomic E-state index is 13.5. The summed E-state index contributed by atoms with van der Waals surface area (Å²) in [6.45, 7) is 5.80. The summed E-state index contributed by atoms with van der Waals surface area (Å²) in [7, 11) is 3.37. The molecule has 2 N–H and O–H groups in total. The molecule has 0 spiro atoms. The van der Waals surface area contributed by atoms with Crippen LogP contribution in [0, 0.1) is 13.8 Å². The molecule has 182 valence electrons. The molecule has 1 aliphatic rings. The number of amides is 3. The van der Waals surface area contributed by atoms with Gasteiger partial charge in [0.05, 0.1) is 12.1 Å². The van der Waals surface area contributed by atoms with Crippen molar-refractivity contribution in [2.24, 2.45) is 0 Å². The van der Waals surface area contributed by atoms with E-state index in [1.807, 2.05) is 50.2 Å². The minimum absolute atomic E-state index is 0.120. The molecule has 0 aliphatic carbocycles. The molecule has 2 aromatic rings. The average molecular weight is 467 g/mol. The molecular formula is C25H34N6O3. The third kappa shape index (κ3) is 6.09. The van der Waals surface area contributed by atoms with Gasteiger partial charge in [-0.05, 0) is 38.3 Å². The van der Waals surface area contributed by atoms with Gasteiger partial charge in [-0.25, -0.2) is 9.97 Å². The van der Waals surface area contributed by atoms with Gasteiger partial charge < -0.3 is 20.4 Å². The van der Waals surface area contributed by atoms with Crippen molar-refractivity contribution in [3.63, 3.8) is 0 Å². The molecule has 34 heavy (non-hydrogen) atoms. The Labute approximate surface area is 201 Å². The van der Waals surface area contributed by atoms with E-state index < -0.39 is 12.1 Å². The van der Waals surface area contributed by atoms with Crippen LogP contribution in [0.15, 0.2) is 36.4 Å². The molecule has 1 aromatic heterocycles. The minimum atomic E-state index is -0.639. The number of aromatic nitrogens is 2. The fraction of sp³-hybridized carbons (Fsp3) is 0.480. The molecular weight excluding hydrogens is 432 g/mol.